The molecule has 240 valence electrons. The van der Waals surface area contributed by atoms with E-state index in [4.69, 9.17) is 32.7 Å². The van der Waals surface area contributed by atoms with Gasteiger partial charge in [0.25, 0.3) is 0 Å². The van der Waals surface area contributed by atoms with Crippen LogP contribution < -0.4 is 14.8 Å². The first-order chi connectivity index (χ1) is 21.1. The van der Waals surface area contributed by atoms with Gasteiger partial charge in [-0.15, -0.1) is 0 Å². The number of ether oxygens (including phenoxy) is 2. The third-order valence-corrected chi connectivity index (χ3v) is 9.78. The van der Waals surface area contributed by atoms with E-state index in [1.54, 1.807) is 41.3 Å². The number of aliphatic hydroxyl groups excluding tert-OH is 3. The topological polar surface area (TPSA) is 129 Å². The minimum atomic E-state index is -1.21. The van der Waals surface area contributed by atoms with Gasteiger partial charge in [-0.25, -0.2) is 0 Å². The van der Waals surface area contributed by atoms with E-state index in [1.807, 2.05) is 0 Å². The highest BCUT2D eigenvalue weighted by Gasteiger charge is 2.41. The number of benzene rings is 2. The van der Waals surface area contributed by atoms with E-state index in [9.17, 15) is 24.9 Å². The molecule has 0 heterocycles. The number of methoxy groups -OCH3 is 1. The summed E-state index contributed by atoms with van der Waals surface area (Å²) >= 11 is 14.5. The first-order valence-corrected chi connectivity index (χ1v) is 16.6. The number of nitrogens with one attached hydrogen (secondary N) is 1. The molecule has 3 unspecified atom stereocenters. The van der Waals surface area contributed by atoms with Crippen molar-refractivity contribution in [2.75, 3.05) is 20.3 Å². The average molecular weight is 761 g/mol. The molecule has 2 aliphatic rings. The zero-order valence-electron chi connectivity index (χ0n) is 24.6. The Balaban J connectivity index is 1.70. The molecule has 2 aromatic carbocycles. The smallest absolute Gasteiger partial charge is 0.247 e. The second kappa shape index (κ2) is 16.5. The molecule has 0 saturated heterocycles. The third kappa shape index (κ3) is 8.79. The predicted octanol–water partition coefficient (Wildman–Crippen LogP) is 5.01. The van der Waals surface area contributed by atoms with Gasteiger partial charge in [0.2, 0.25) is 11.8 Å². The zero-order chi connectivity index (χ0) is 31.8. The predicted molar refractivity (Wildman–Crippen MR) is 177 cm³/mol. The fourth-order valence-corrected chi connectivity index (χ4v) is 7.00. The molecule has 0 bridgehead atoms. The summed E-state index contributed by atoms with van der Waals surface area (Å²) in [5.41, 5.74) is 1.68. The molecule has 4 N–H and O–H groups in total. The molecular weight excluding hydrogens is 722 g/mol. The van der Waals surface area contributed by atoms with Crippen molar-refractivity contribution >= 4 is 57.6 Å². The zero-order valence-corrected chi connectivity index (χ0v) is 28.3. The average Bonchev–Trinajstić information content (AvgIpc) is 3.54. The maximum atomic E-state index is 14.0. The van der Waals surface area contributed by atoms with E-state index in [0.29, 0.717) is 48.6 Å². The summed E-state index contributed by atoms with van der Waals surface area (Å²) in [5, 5.41) is 34.2. The van der Waals surface area contributed by atoms with E-state index in [1.165, 1.54) is 20.0 Å². The summed E-state index contributed by atoms with van der Waals surface area (Å²) in [7, 11) is 1.48. The number of hydrogen-bond donors (Lipinski definition) is 4. The minimum Gasteiger partial charge on any atom is -0.493 e. The Bertz CT molecular complexity index is 1350. The Hall–Kier alpha value is -2.09. The van der Waals surface area contributed by atoms with Crippen molar-refractivity contribution in [3.05, 3.63) is 66.7 Å². The molecule has 3 atom stereocenters. The van der Waals surface area contributed by atoms with Gasteiger partial charge in [-0.05, 0) is 76.4 Å². The summed E-state index contributed by atoms with van der Waals surface area (Å²) in [5.74, 6) is 0.631. The van der Waals surface area contributed by atoms with Gasteiger partial charge in [0.1, 0.15) is 12.2 Å². The van der Waals surface area contributed by atoms with Crippen molar-refractivity contribution in [2.45, 2.75) is 76.3 Å². The summed E-state index contributed by atoms with van der Waals surface area (Å²) < 4.78 is 12.5. The van der Waals surface area contributed by atoms with Crippen LogP contribution in [-0.4, -0.2) is 70.5 Å². The van der Waals surface area contributed by atoms with Crippen LogP contribution in [0.4, 0.5) is 0 Å². The number of rotatable bonds is 13. The number of hydrogen-bond acceptors (Lipinski definition) is 7. The van der Waals surface area contributed by atoms with Crippen LogP contribution >= 0.6 is 45.8 Å². The van der Waals surface area contributed by atoms with Gasteiger partial charge in [-0.1, -0.05) is 55.0 Å². The molecular formula is C32H39Cl2IN2O7. The lowest BCUT2D eigenvalue weighted by Gasteiger charge is -2.41. The van der Waals surface area contributed by atoms with E-state index < -0.39 is 24.2 Å². The molecule has 9 nitrogen and oxygen atoms in total. The van der Waals surface area contributed by atoms with Crippen LogP contribution in [-0.2, 0) is 22.7 Å². The van der Waals surface area contributed by atoms with E-state index in [2.05, 4.69) is 27.9 Å². The van der Waals surface area contributed by atoms with Crippen LogP contribution in [0.3, 0.4) is 0 Å². The Labute approximate surface area is 281 Å². The van der Waals surface area contributed by atoms with Gasteiger partial charge < -0.3 is 35.0 Å². The molecule has 0 spiro atoms. The van der Waals surface area contributed by atoms with Gasteiger partial charge in [-0.3, -0.25) is 9.59 Å². The van der Waals surface area contributed by atoms with Crippen LogP contribution in [0.5, 0.6) is 11.5 Å². The first kappa shape index (κ1) is 34.8. The molecule has 4 rings (SSSR count). The SMILES string of the molecule is COc1cc(CO)cc(I)c1OC1C=C(C(=O)NCCO)CC(N(Cc2ccc(Cl)c(Cl)c2)C(=O)CCC2CCCC2)C1O. The van der Waals surface area contributed by atoms with Gasteiger partial charge in [-0.2, -0.15) is 0 Å². The maximum absolute atomic E-state index is 14.0. The van der Waals surface area contributed by atoms with E-state index in [0.717, 1.165) is 24.8 Å². The summed E-state index contributed by atoms with van der Waals surface area (Å²) in [4.78, 5) is 28.8. The highest BCUT2D eigenvalue weighted by Crippen LogP contribution is 2.38. The number of nitrogens with zero attached hydrogens (tertiary/aromatic N) is 1. The lowest BCUT2D eigenvalue weighted by atomic mass is 9.87. The molecule has 44 heavy (non-hydrogen) atoms. The molecule has 1 fully saturated rings. The quantitative estimate of drug-likeness (QED) is 0.212. The standard InChI is InChI=1S/C32H39Cl2IN2O7/c1-43-28-14-21(18-39)13-25(35)31(28)44-27-16-22(32(42)36-10-11-38)15-26(30(27)41)37(17-20-6-8-23(33)24(34)12-20)29(40)9-7-19-4-2-3-5-19/h6,8,12-14,16,19,26-27,30,38-39,41H,2-5,7,9-11,15,17-18H2,1H3,(H,36,42). The van der Waals surface area contributed by atoms with Crippen molar-refractivity contribution < 1.29 is 34.4 Å². The third-order valence-electron chi connectivity index (χ3n) is 8.24. The molecule has 0 aromatic heterocycles. The van der Waals surface area contributed by atoms with Crippen molar-refractivity contribution in [2.24, 2.45) is 5.92 Å². The van der Waals surface area contributed by atoms with Gasteiger partial charge in [0, 0.05) is 31.5 Å². The largest absolute Gasteiger partial charge is 0.493 e. The molecule has 2 aliphatic carbocycles. The van der Waals surface area contributed by atoms with Crippen molar-refractivity contribution in [1.29, 1.82) is 0 Å². The number of aliphatic hydroxyl groups is 3. The minimum absolute atomic E-state index is 0.0522. The van der Waals surface area contributed by atoms with Crippen molar-refractivity contribution in [3.63, 3.8) is 0 Å². The molecule has 2 amide bonds. The van der Waals surface area contributed by atoms with Crippen LogP contribution in [0.25, 0.3) is 0 Å². The highest BCUT2D eigenvalue weighted by molar-refractivity contribution is 14.1. The molecule has 1 saturated carbocycles. The number of halogens is 3. The fourth-order valence-electron chi connectivity index (χ4n) is 5.89. The van der Waals surface area contributed by atoms with Crippen molar-refractivity contribution in [3.8, 4) is 11.5 Å². The first-order valence-electron chi connectivity index (χ1n) is 14.8. The molecule has 0 radical (unpaired) electrons. The number of carbonyl (C=O) groups excluding carboxylic acids is 2. The number of carbonyl (C=O) groups is 2. The van der Waals surface area contributed by atoms with Gasteiger partial charge >= 0.3 is 0 Å². The normalized spacial score (nSPS) is 20.2. The maximum Gasteiger partial charge on any atom is 0.247 e. The Kier molecular flexibility index (Phi) is 13.0. The van der Waals surface area contributed by atoms with Crippen LogP contribution in [0, 0.1) is 9.49 Å². The molecule has 12 heteroatoms. The van der Waals surface area contributed by atoms with Gasteiger partial charge in [0.15, 0.2) is 11.5 Å². The van der Waals surface area contributed by atoms with E-state index >= 15 is 0 Å². The van der Waals surface area contributed by atoms with E-state index in [-0.39, 0.29) is 38.6 Å². The Morgan fingerprint density at radius 1 is 1.09 bits per heavy atom. The molecule has 2 aromatic rings. The second-order valence-corrected chi connectivity index (χ2v) is 13.2. The Morgan fingerprint density at radius 2 is 1.84 bits per heavy atom. The summed E-state index contributed by atoms with van der Waals surface area (Å²) in [6, 6.07) is 7.73. The monoisotopic (exact) mass is 760 g/mol. The summed E-state index contributed by atoms with van der Waals surface area (Å²) in [6.45, 7) is -0.230. The van der Waals surface area contributed by atoms with Crippen LogP contribution in [0.1, 0.15) is 56.1 Å². The number of amides is 2. The lowest BCUT2D eigenvalue weighted by molar-refractivity contribution is -0.139. The van der Waals surface area contributed by atoms with Crippen LogP contribution in [0.2, 0.25) is 10.0 Å². The van der Waals surface area contributed by atoms with Gasteiger partial charge in [0.05, 0.1) is 40.0 Å². The second-order valence-electron chi connectivity index (χ2n) is 11.2. The lowest BCUT2D eigenvalue weighted by Crippen LogP contribution is -2.54. The fraction of sp³-hybridized carbons (Fsp3) is 0.500. The van der Waals surface area contributed by atoms with Crippen molar-refractivity contribution in [1.82, 2.24) is 10.2 Å². The summed E-state index contributed by atoms with van der Waals surface area (Å²) in [6.07, 6.45) is 5.03. The highest BCUT2D eigenvalue weighted by atomic mass is 127. The molecule has 0 aliphatic heterocycles. The van der Waals surface area contributed by atoms with Crippen LogP contribution in [0.15, 0.2) is 42.0 Å². The Morgan fingerprint density at radius 3 is 2.50 bits per heavy atom.